The molecule has 2 aromatic rings. The Morgan fingerprint density at radius 1 is 1.50 bits per heavy atom. The number of carbonyl (C=O) groups is 2. The second-order valence-corrected chi connectivity index (χ2v) is 4.94. The van der Waals surface area contributed by atoms with Gasteiger partial charge in [-0.3, -0.25) is 9.59 Å². The highest BCUT2D eigenvalue weighted by molar-refractivity contribution is 7.07. The van der Waals surface area contributed by atoms with Gasteiger partial charge in [-0.05, 0) is 17.7 Å². The molecule has 0 aliphatic carbocycles. The Labute approximate surface area is 118 Å². The molecule has 6 nitrogen and oxygen atoms in total. The van der Waals surface area contributed by atoms with Gasteiger partial charge in [0, 0.05) is 11.9 Å². The van der Waals surface area contributed by atoms with Crippen LogP contribution in [0, 0.1) is 0 Å². The first-order chi connectivity index (χ1) is 9.72. The molecule has 2 N–H and O–H groups in total. The van der Waals surface area contributed by atoms with Crippen LogP contribution in [0.5, 0.6) is 5.75 Å². The molecule has 20 heavy (non-hydrogen) atoms. The molecule has 1 aliphatic rings. The molecule has 3 rings (SSSR count). The number of benzene rings is 1. The van der Waals surface area contributed by atoms with Crippen molar-refractivity contribution in [3.8, 4) is 5.75 Å². The van der Waals surface area contributed by atoms with Gasteiger partial charge in [0.05, 0.1) is 11.2 Å². The van der Waals surface area contributed by atoms with Crippen molar-refractivity contribution in [1.29, 1.82) is 0 Å². The van der Waals surface area contributed by atoms with E-state index < -0.39 is 0 Å². The van der Waals surface area contributed by atoms with E-state index >= 15 is 0 Å². The Kier molecular flexibility index (Phi) is 3.34. The molecular weight excluding hydrogens is 278 g/mol. The maximum absolute atomic E-state index is 11.8. The van der Waals surface area contributed by atoms with Crippen molar-refractivity contribution >= 4 is 28.8 Å². The number of anilines is 1. The monoisotopic (exact) mass is 289 g/mol. The number of hydrogen-bond donors (Lipinski definition) is 2. The summed E-state index contributed by atoms with van der Waals surface area (Å²) >= 11 is 1.37. The molecular formula is C13H11N3O3S. The van der Waals surface area contributed by atoms with E-state index in [0.29, 0.717) is 23.7 Å². The van der Waals surface area contributed by atoms with E-state index in [2.05, 4.69) is 15.6 Å². The number of fused-ring (bicyclic) bond motifs is 1. The summed E-state index contributed by atoms with van der Waals surface area (Å²) in [6.07, 6.45) is 0. The van der Waals surface area contributed by atoms with Gasteiger partial charge in [0.15, 0.2) is 6.61 Å². The van der Waals surface area contributed by atoms with Crippen LogP contribution >= 0.6 is 11.3 Å². The van der Waals surface area contributed by atoms with Gasteiger partial charge in [-0.2, -0.15) is 0 Å². The summed E-state index contributed by atoms with van der Waals surface area (Å²) in [6.45, 7) is 0.395. The molecule has 0 saturated carbocycles. The molecule has 7 heteroatoms. The molecule has 1 aromatic heterocycles. The molecule has 0 fully saturated rings. The number of hydrogen-bond acceptors (Lipinski definition) is 5. The number of ether oxygens (including phenoxy) is 1. The predicted octanol–water partition coefficient (Wildman–Crippen LogP) is 1.40. The smallest absolute Gasteiger partial charge is 0.271 e. The minimum Gasteiger partial charge on any atom is -0.482 e. The first kappa shape index (κ1) is 12.6. The molecule has 0 unspecified atom stereocenters. The Morgan fingerprint density at radius 3 is 3.20 bits per heavy atom. The van der Waals surface area contributed by atoms with E-state index in [0.717, 1.165) is 5.56 Å². The Balaban J connectivity index is 1.68. The molecule has 0 saturated heterocycles. The van der Waals surface area contributed by atoms with Gasteiger partial charge < -0.3 is 15.4 Å². The van der Waals surface area contributed by atoms with Crippen LogP contribution in [0.4, 0.5) is 5.69 Å². The summed E-state index contributed by atoms with van der Waals surface area (Å²) in [5, 5.41) is 7.19. The van der Waals surface area contributed by atoms with Crippen molar-refractivity contribution in [2.75, 3.05) is 11.9 Å². The Hall–Kier alpha value is -2.41. The normalized spacial score (nSPS) is 13.1. The summed E-state index contributed by atoms with van der Waals surface area (Å²) in [4.78, 5) is 26.9. The SMILES string of the molecule is O=C1COc2ccc(CNC(=O)c3cscn3)cc2N1. The van der Waals surface area contributed by atoms with E-state index in [9.17, 15) is 9.59 Å². The van der Waals surface area contributed by atoms with E-state index in [1.54, 1.807) is 23.0 Å². The summed E-state index contributed by atoms with van der Waals surface area (Å²) in [6, 6.07) is 5.41. The number of aromatic nitrogens is 1. The zero-order chi connectivity index (χ0) is 13.9. The molecule has 0 spiro atoms. The minimum absolute atomic E-state index is 0.0346. The third-order valence-electron chi connectivity index (χ3n) is 2.79. The van der Waals surface area contributed by atoms with Crippen LogP contribution < -0.4 is 15.4 Å². The van der Waals surface area contributed by atoms with E-state index in [4.69, 9.17) is 4.74 Å². The number of nitrogens with one attached hydrogen (secondary N) is 2. The van der Waals surface area contributed by atoms with E-state index in [-0.39, 0.29) is 18.4 Å². The first-order valence-electron chi connectivity index (χ1n) is 5.94. The molecule has 102 valence electrons. The standard InChI is InChI=1S/C13H11N3O3S/c17-12-5-19-11-2-1-8(3-9(11)16-12)4-14-13(18)10-6-20-7-15-10/h1-3,6-7H,4-5H2,(H,14,18)(H,16,17). The fraction of sp³-hybridized carbons (Fsp3) is 0.154. The lowest BCUT2D eigenvalue weighted by molar-refractivity contribution is -0.118. The third kappa shape index (κ3) is 2.62. The highest BCUT2D eigenvalue weighted by Crippen LogP contribution is 2.28. The predicted molar refractivity (Wildman–Crippen MR) is 73.9 cm³/mol. The largest absolute Gasteiger partial charge is 0.482 e. The fourth-order valence-electron chi connectivity index (χ4n) is 1.84. The summed E-state index contributed by atoms with van der Waals surface area (Å²) in [7, 11) is 0. The van der Waals surface area contributed by atoms with Gasteiger partial charge in [0.1, 0.15) is 11.4 Å². The summed E-state index contributed by atoms with van der Waals surface area (Å²) in [5.41, 5.74) is 3.52. The fourth-order valence-corrected chi connectivity index (χ4v) is 2.37. The second kappa shape index (κ2) is 5.30. The average molecular weight is 289 g/mol. The quantitative estimate of drug-likeness (QED) is 0.895. The number of amides is 2. The van der Waals surface area contributed by atoms with Crippen LogP contribution in [0.3, 0.4) is 0 Å². The Bertz CT molecular complexity index is 655. The summed E-state index contributed by atoms with van der Waals surface area (Å²) in [5.74, 6) is 0.240. The lowest BCUT2D eigenvalue weighted by atomic mass is 10.1. The first-order valence-corrected chi connectivity index (χ1v) is 6.88. The number of thiazole rings is 1. The van der Waals surface area contributed by atoms with Crippen molar-refractivity contribution in [2.24, 2.45) is 0 Å². The van der Waals surface area contributed by atoms with Crippen LogP contribution in [0.25, 0.3) is 0 Å². The average Bonchev–Trinajstić information content (AvgIpc) is 2.98. The highest BCUT2D eigenvalue weighted by Gasteiger charge is 2.16. The maximum atomic E-state index is 11.8. The maximum Gasteiger partial charge on any atom is 0.271 e. The molecule has 1 aliphatic heterocycles. The van der Waals surface area contributed by atoms with E-state index in [1.165, 1.54) is 11.3 Å². The topological polar surface area (TPSA) is 80.3 Å². The number of carbonyl (C=O) groups excluding carboxylic acids is 2. The second-order valence-electron chi connectivity index (χ2n) is 4.22. The van der Waals surface area contributed by atoms with Crippen molar-refractivity contribution in [3.05, 3.63) is 40.3 Å². The molecule has 2 amide bonds. The van der Waals surface area contributed by atoms with Gasteiger partial charge >= 0.3 is 0 Å². The molecule has 2 heterocycles. The van der Waals surface area contributed by atoms with Crippen LogP contribution in [0.1, 0.15) is 16.1 Å². The van der Waals surface area contributed by atoms with Gasteiger partial charge in [0.2, 0.25) is 0 Å². The van der Waals surface area contributed by atoms with Crippen LogP contribution in [0.2, 0.25) is 0 Å². The molecule has 0 atom stereocenters. The zero-order valence-electron chi connectivity index (χ0n) is 10.4. The van der Waals surface area contributed by atoms with E-state index in [1.807, 2.05) is 6.07 Å². The Morgan fingerprint density at radius 2 is 2.40 bits per heavy atom. The zero-order valence-corrected chi connectivity index (χ0v) is 11.2. The van der Waals surface area contributed by atoms with Gasteiger partial charge in [-0.1, -0.05) is 6.07 Å². The minimum atomic E-state index is -0.218. The number of rotatable bonds is 3. The molecule has 0 bridgehead atoms. The highest BCUT2D eigenvalue weighted by atomic mass is 32.1. The van der Waals surface area contributed by atoms with Crippen molar-refractivity contribution < 1.29 is 14.3 Å². The van der Waals surface area contributed by atoms with Gasteiger partial charge in [0.25, 0.3) is 11.8 Å². The van der Waals surface area contributed by atoms with Gasteiger partial charge in [-0.15, -0.1) is 11.3 Å². The van der Waals surface area contributed by atoms with Crippen LogP contribution in [-0.4, -0.2) is 23.4 Å². The van der Waals surface area contributed by atoms with Gasteiger partial charge in [-0.25, -0.2) is 4.98 Å². The summed E-state index contributed by atoms with van der Waals surface area (Å²) < 4.78 is 5.27. The van der Waals surface area contributed by atoms with Crippen molar-refractivity contribution in [1.82, 2.24) is 10.3 Å². The van der Waals surface area contributed by atoms with Crippen LogP contribution in [-0.2, 0) is 11.3 Å². The molecule has 1 aromatic carbocycles. The van der Waals surface area contributed by atoms with Crippen molar-refractivity contribution in [3.63, 3.8) is 0 Å². The lowest BCUT2D eigenvalue weighted by Crippen LogP contribution is -2.26. The lowest BCUT2D eigenvalue weighted by Gasteiger charge is -2.18. The number of nitrogens with zero attached hydrogens (tertiary/aromatic N) is 1. The third-order valence-corrected chi connectivity index (χ3v) is 3.38. The molecule has 0 radical (unpaired) electrons. The van der Waals surface area contributed by atoms with Crippen molar-refractivity contribution in [2.45, 2.75) is 6.54 Å². The van der Waals surface area contributed by atoms with Crippen LogP contribution in [0.15, 0.2) is 29.1 Å².